The first kappa shape index (κ1) is 17.5. The number of nitrogens with zero attached hydrogens (tertiary/aromatic N) is 1. The fourth-order valence-electron chi connectivity index (χ4n) is 2.59. The zero-order valence-corrected chi connectivity index (χ0v) is 15.1. The number of hydrogen-bond donors (Lipinski definition) is 1. The molecule has 0 aromatic heterocycles. The summed E-state index contributed by atoms with van der Waals surface area (Å²) in [5.41, 5.74) is 5.03. The maximum Gasteiger partial charge on any atom is 0.244 e. The van der Waals surface area contributed by atoms with Crippen molar-refractivity contribution in [1.29, 1.82) is 0 Å². The quantitative estimate of drug-likeness (QED) is 0.495. The largest absolute Gasteiger partial charge is 0.273 e. The van der Waals surface area contributed by atoms with Crippen molar-refractivity contribution < 1.29 is 4.79 Å². The van der Waals surface area contributed by atoms with Crippen molar-refractivity contribution in [2.45, 2.75) is 13.3 Å². The minimum Gasteiger partial charge on any atom is -0.273 e. The van der Waals surface area contributed by atoms with Crippen LogP contribution in [0.15, 0.2) is 65.8 Å². The van der Waals surface area contributed by atoms with Crippen LogP contribution >= 0.6 is 23.2 Å². The number of benzene rings is 3. The Morgan fingerprint density at radius 2 is 1.76 bits per heavy atom. The predicted octanol–water partition coefficient (Wildman–Crippen LogP) is 5.23. The van der Waals surface area contributed by atoms with Gasteiger partial charge in [0.25, 0.3) is 0 Å². The van der Waals surface area contributed by atoms with Gasteiger partial charge in [0.15, 0.2) is 0 Å². The molecule has 0 aliphatic rings. The Hall–Kier alpha value is -2.36. The molecule has 0 aliphatic carbocycles. The molecule has 0 saturated carbocycles. The molecule has 0 atom stereocenters. The highest BCUT2D eigenvalue weighted by atomic mass is 35.5. The lowest BCUT2D eigenvalue weighted by Crippen LogP contribution is -2.21. The summed E-state index contributed by atoms with van der Waals surface area (Å²) in [5, 5.41) is 7.28. The number of carbonyl (C=O) groups is 1. The van der Waals surface area contributed by atoms with E-state index in [1.165, 1.54) is 0 Å². The number of fused-ring (bicyclic) bond motifs is 1. The Morgan fingerprint density at radius 1 is 1.00 bits per heavy atom. The molecule has 0 spiro atoms. The molecule has 5 heteroatoms. The summed E-state index contributed by atoms with van der Waals surface area (Å²) >= 11 is 11.9. The third-order valence-electron chi connectivity index (χ3n) is 3.92. The molecule has 3 aromatic carbocycles. The Bertz CT molecular complexity index is 962. The van der Waals surface area contributed by atoms with Gasteiger partial charge in [-0.1, -0.05) is 71.7 Å². The normalized spacial score (nSPS) is 11.6. The molecule has 0 fully saturated rings. The second-order valence-corrected chi connectivity index (χ2v) is 6.49. The molecule has 126 valence electrons. The number of nitrogens with one attached hydrogen (secondary N) is 1. The van der Waals surface area contributed by atoms with Gasteiger partial charge in [-0.15, -0.1) is 0 Å². The van der Waals surface area contributed by atoms with E-state index in [1.807, 2.05) is 48.5 Å². The zero-order valence-electron chi connectivity index (χ0n) is 13.6. The third-order valence-corrected chi connectivity index (χ3v) is 4.66. The van der Waals surface area contributed by atoms with E-state index < -0.39 is 0 Å². The first-order chi connectivity index (χ1) is 12.0. The summed E-state index contributed by atoms with van der Waals surface area (Å²) in [4.78, 5) is 12.2. The molecule has 0 radical (unpaired) electrons. The van der Waals surface area contributed by atoms with Crippen LogP contribution in [-0.2, 0) is 11.2 Å². The fraction of sp³-hybridized carbons (Fsp3) is 0.100. The van der Waals surface area contributed by atoms with Gasteiger partial charge in [-0.25, -0.2) is 5.43 Å². The molecule has 3 aromatic rings. The number of halogens is 2. The van der Waals surface area contributed by atoms with Gasteiger partial charge in [-0.3, -0.25) is 4.79 Å². The number of rotatable bonds is 4. The maximum atomic E-state index is 12.2. The van der Waals surface area contributed by atoms with E-state index in [-0.39, 0.29) is 12.3 Å². The third kappa shape index (κ3) is 4.19. The van der Waals surface area contributed by atoms with Crippen LogP contribution in [0, 0.1) is 0 Å². The molecular weight excluding hydrogens is 355 g/mol. The molecule has 0 bridgehead atoms. The second kappa shape index (κ2) is 7.68. The molecule has 3 rings (SSSR count). The van der Waals surface area contributed by atoms with Crippen LogP contribution in [0.5, 0.6) is 0 Å². The highest BCUT2D eigenvalue weighted by Gasteiger charge is 2.07. The molecule has 0 heterocycles. The summed E-state index contributed by atoms with van der Waals surface area (Å²) in [6.07, 6.45) is 0.263. The van der Waals surface area contributed by atoms with E-state index in [0.717, 1.165) is 21.9 Å². The van der Waals surface area contributed by atoms with Crippen LogP contribution in [0.3, 0.4) is 0 Å². The lowest BCUT2D eigenvalue weighted by Gasteiger charge is -2.07. The Labute approximate surface area is 156 Å². The number of hydrogen-bond acceptors (Lipinski definition) is 2. The predicted molar refractivity (Wildman–Crippen MR) is 104 cm³/mol. The smallest absolute Gasteiger partial charge is 0.244 e. The van der Waals surface area contributed by atoms with E-state index in [9.17, 15) is 4.79 Å². The van der Waals surface area contributed by atoms with E-state index in [2.05, 4.69) is 10.5 Å². The Morgan fingerprint density at radius 3 is 2.56 bits per heavy atom. The molecule has 25 heavy (non-hydrogen) atoms. The maximum absolute atomic E-state index is 12.2. The van der Waals surface area contributed by atoms with Gasteiger partial charge in [-0.2, -0.15) is 5.10 Å². The molecular formula is C20H16Cl2N2O. The van der Waals surface area contributed by atoms with Gasteiger partial charge in [0.1, 0.15) is 0 Å². The Balaban J connectivity index is 1.72. The zero-order chi connectivity index (χ0) is 17.8. The van der Waals surface area contributed by atoms with Gasteiger partial charge >= 0.3 is 0 Å². The topological polar surface area (TPSA) is 41.5 Å². The van der Waals surface area contributed by atoms with Crippen molar-refractivity contribution in [3.63, 3.8) is 0 Å². The second-order valence-electron chi connectivity index (χ2n) is 5.68. The minimum absolute atomic E-state index is 0.171. The van der Waals surface area contributed by atoms with E-state index in [4.69, 9.17) is 23.2 Å². The summed E-state index contributed by atoms with van der Waals surface area (Å²) in [7, 11) is 0. The first-order valence-corrected chi connectivity index (χ1v) is 8.55. The SMILES string of the molecule is C/C(=N\NC(=O)Cc1cccc2ccccc12)c1ccc(Cl)c(Cl)c1. The van der Waals surface area contributed by atoms with Crippen molar-refractivity contribution >= 4 is 45.6 Å². The standard InChI is InChI=1S/C20H16Cl2N2O/c1-13(15-9-10-18(21)19(22)11-15)23-24-20(25)12-16-7-4-6-14-5-2-3-8-17(14)16/h2-11H,12H2,1H3,(H,24,25)/b23-13+. The van der Waals surface area contributed by atoms with E-state index >= 15 is 0 Å². The van der Waals surface area contributed by atoms with E-state index in [1.54, 1.807) is 19.1 Å². The van der Waals surface area contributed by atoms with Crippen molar-refractivity contribution in [2.75, 3.05) is 0 Å². The monoisotopic (exact) mass is 370 g/mol. The first-order valence-electron chi connectivity index (χ1n) is 7.80. The van der Waals surface area contributed by atoms with Gasteiger partial charge < -0.3 is 0 Å². The highest BCUT2D eigenvalue weighted by Crippen LogP contribution is 2.23. The van der Waals surface area contributed by atoms with Crippen molar-refractivity contribution in [1.82, 2.24) is 5.43 Å². The number of amides is 1. The van der Waals surface area contributed by atoms with Crippen molar-refractivity contribution in [2.24, 2.45) is 5.10 Å². The van der Waals surface area contributed by atoms with Crippen molar-refractivity contribution in [3.8, 4) is 0 Å². The van der Waals surface area contributed by atoms with Crippen LogP contribution in [-0.4, -0.2) is 11.6 Å². The molecule has 0 saturated heterocycles. The van der Waals surface area contributed by atoms with Gasteiger partial charge in [0.2, 0.25) is 5.91 Å². The highest BCUT2D eigenvalue weighted by molar-refractivity contribution is 6.42. The van der Waals surface area contributed by atoms with Crippen LogP contribution < -0.4 is 5.43 Å². The minimum atomic E-state index is -0.171. The van der Waals surface area contributed by atoms with Crippen molar-refractivity contribution in [3.05, 3.63) is 81.8 Å². The van der Waals surface area contributed by atoms with Gasteiger partial charge in [0.05, 0.1) is 22.2 Å². The lowest BCUT2D eigenvalue weighted by atomic mass is 10.0. The van der Waals surface area contributed by atoms with Crippen LogP contribution in [0.1, 0.15) is 18.1 Å². The number of hydrazone groups is 1. The fourth-order valence-corrected chi connectivity index (χ4v) is 2.89. The molecule has 0 unspecified atom stereocenters. The van der Waals surface area contributed by atoms with Crippen LogP contribution in [0.2, 0.25) is 10.0 Å². The molecule has 0 aliphatic heterocycles. The summed E-state index contributed by atoms with van der Waals surface area (Å²) in [6, 6.07) is 19.2. The molecule has 1 N–H and O–H groups in total. The lowest BCUT2D eigenvalue weighted by molar-refractivity contribution is -0.120. The average Bonchev–Trinajstić information content (AvgIpc) is 2.62. The number of carbonyl (C=O) groups excluding carboxylic acids is 1. The van der Waals surface area contributed by atoms with Crippen LogP contribution in [0.4, 0.5) is 0 Å². The van der Waals surface area contributed by atoms with Gasteiger partial charge in [-0.05, 0) is 41.0 Å². The Kier molecular flexibility index (Phi) is 5.37. The summed E-state index contributed by atoms with van der Waals surface area (Å²) in [5.74, 6) is -0.171. The summed E-state index contributed by atoms with van der Waals surface area (Å²) in [6.45, 7) is 1.80. The average molecular weight is 371 g/mol. The summed E-state index contributed by atoms with van der Waals surface area (Å²) < 4.78 is 0. The van der Waals surface area contributed by atoms with Gasteiger partial charge in [0, 0.05) is 0 Å². The van der Waals surface area contributed by atoms with Crippen LogP contribution in [0.25, 0.3) is 10.8 Å². The van der Waals surface area contributed by atoms with E-state index in [0.29, 0.717) is 15.8 Å². The molecule has 1 amide bonds. The molecule has 3 nitrogen and oxygen atoms in total.